The fourth-order valence-electron chi connectivity index (χ4n) is 0.954. The second-order valence-electron chi connectivity index (χ2n) is 2.73. The van der Waals surface area contributed by atoms with Crippen LogP contribution < -0.4 is 5.73 Å². The first kappa shape index (κ1) is 12.8. The summed E-state index contributed by atoms with van der Waals surface area (Å²) in [4.78, 5) is 0. The molecule has 0 saturated heterocycles. The van der Waals surface area contributed by atoms with Crippen molar-refractivity contribution >= 4 is 0 Å². The van der Waals surface area contributed by atoms with Gasteiger partial charge in [-0.3, -0.25) is 0 Å². The van der Waals surface area contributed by atoms with Gasteiger partial charge in [-0.2, -0.15) is 13.2 Å². The lowest BCUT2D eigenvalue weighted by Gasteiger charge is -2.12. The Bertz CT molecular complexity index is 249. The average Bonchev–Trinajstić information content (AvgIpc) is 2.10. The highest BCUT2D eigenvalue weighted by Gasteiger charge is 2.34. The van der Waals surface area contributed by atoms with Gasteiger partial charge in [-0.15, -0.1) is 0 Å². The predicted octanol–water partition coefficient (Wildman–Crippen LogP) is 3.30. The van der Waals surface area contributed by atoms with E-state index in [2.05, 4.69) is 6.58 Å². The van der Waals surface area contributed by atoms with Crippen molar-refractivity contribution in [2.45, 2.75) is 25.9 Å². The van der Waals surface area contributed by atoms with Crippen molar-refractivity contribution in [3.8, 4) is 0 Å². The Labute approximate surface area is 81.8 Å². The number of alkyl halides is 3. The Hall–Kier alpha value is -1.19. The molecule has 0 rings (SSSR count). The van der Waals surface area contributed by atoms with Gasteiger partial charge in [0, 0.05) is 11.8 Å². The molecule has 80 valence electrons. The van der Waals surface area contributed by atoms with Crippen molar-refractivity contribution in [2.75, 3.05) is 0 Å². The maximum Gasteiger partial charge on any atom is 0.416 e. The van der Waals surface area contributed by atoms with E-state index in [4.69, 9.17) is 5.73 Å². The van der Waals surface area contributed by atoms with Crippen molar-refractivity contribution in [3.63, 3.8) is 0 Å². The molecule has 0 aliphatic rings. The Morgan fingerprint density at radius 3 is 2.29 bits per heavy atom. The van der Waals surface area contributed by atoms with Gasteiger partial charge in [-0.25, -0.2) is 0 Å². The number of allylic oxidation sites excluding steroid dienone is 4. The van der Waals surface area contributed by atoms with Crippen LogP contribution in [0.1, 0.15) is 19.8 Å². The van der Waals surface area contributed by atoms with Gasteiger partial charge in [0.2, 0.25) is 0 Å². The molecule has 0 aromatic rings. The zero-order valence-corrected chi connectivity index (χ0v) is 8.06. The summed E-state index contributed by atoms with van der Waals surface area (Å²) in [5.41, 5.74) is 4.29. The molecule has 0 unspecified atom stereocenters. The van der Waals surface area contributed by atoms with Crippen LogP contribution >= 0.6 is 0 Å². The van der Waals surface area contributed by atoms with Crippen molar-refractivity contribution in [1.82, 2.24) is 0 Å². The maximum atomic E-state index is 12.5. The van der Waals surface area contributed by atoms with Crippen LogP contribution in [-0.2, 0) is 0 Å². The maximum absolute atomic E-state index is 12.5. The van der Waals surface area contributed by atoms with Crippen molar-refractivity contribution in [2.24, 2.45) is 5.73 Å². The molecule has 0 spiro atoms. The van der Waals surface area contributed by atoms with E-state index in [1.807, 2.05) is 6.92 Å². The van der Waals surface area contributed by atoms with Gasteiger partial charge in [-0.1, -0.05) is 32.1 Å². The smallest absolute Gasteiger partial charge is 0.404 e. The van der Waals surface area contributed by atoms with E-state index < -0.39 is 11.7 Å². The summed E-state index contributed by atoms with van der Waals surface area (Å²) >= 11 is 0. The van der Waals surface area contributed by atoms with Crippen LogP contribution in [0.3, 0.4) is 0 Å². The van der Waals surface area contributed by atoms with Crippen molar-refractivity contribution in [3.05, 3.63) is 36.1 Å². The zero-order valence-electron chi connectivity index (χ0n) is 8.06. The first-order valence-electron chi connectivity index (χ1n) is 4.29. The molecule has 0 radical (unpaired) electrons. The van der Waals surface area contributed by atoms with E-state index in [1.54, 1.807) is 0 Å². The molecule has 0 bridgehead atoms. The highest BCUT2D eigenvalue weighted by molar-refractivity contribution is 5.41. The number of halogens is 3. The summed E-state index contributed by atoms with van der Waals surface area (Å²) in [6, 6.07) is 0. The number of hydrogen-bond acceptors (Lipinski definition) is 1. The van der Waals surface area contributed by atoms with Crippen LogP contribution in [-0.4, -0.2) is 6.18 Å². The van der Waals surface area contributed by atoms with E-state index in [1.165, 1.54) is 0 Å². The molecular formula is C10H14F3N. The molecule has 0 saturated carbocycles. The SMILES string of the molecule is C=CC(=C/N)/C(=C\CCC)C(F)(F)F. The summed E-state index contributed by atoms with van der Waals surface area (Å²) in [5, 5.41) is 0. The summed E-state index contributed by atoms with van der Waals surface area (Å²) in [6.45, 7) is 5.09. The molecule has 4 heteroatoms. The summed E-state index contributed by atoms with van der Waals surface area (Å²) < 4.78 is 37.4. The standard InChI is InChI=1S/C10H14F3N/c1-3-5-6-9(10(11,12)13)8(4-2)7-14/h4,6-7H,2-3,5,14H2,1H3/b8-7-,9-6+. The summed E-state index contributed by atoms with van der Waals surface area (Å²) in [7, 11) is 0. The summed E-state index contributed by atoms with van der Waals surface area (Å²) in [5.74, 6) is 0. The predicted molar refractivity (Wildman–Crippen MR) is 51.5 cm³/mol. The first-order chi connectivity index (χ1) is 6.47. The number of rotatable bonds is 4. The molecule has 0 aromatic heterocycles. The lowest BCUT2D eigenvalue weighted by molar-refractivity contribution is -0.0892. The minimum Gasteiger partial charge on any atom is -0.404 e. The third kappa shape index (κ3) is 3.68. The van der Waals surface area contributed by atoms with Crippen LogP contribution in [0.4, 0.5) is 13.2 Å². The Kier molecular flexibility index (Phi) is 5.05. The van der Waals surface area contributed by atoms with Crippen LogP contribution in [0.5, 0.6) is 0 Å². The first-order valence-corrected chi connectivity index (χ1v) is 4.29. The number of hydrogen-bond donors (Lipinski definition) is 1. The molecule has 2 N–H and O–H groups in total. The molecule has 0 aromatic carbocycles. The minimum absolute atomic E-state index is 0.0778. The molecule has 0 atom stereocenters. The molecule has 0 heterocycles. The Morgan fingerprint density at radius 2 is 2.00 bits per heavy atom. The molecule has 1 nitrogen and oxygen atoms in total. The van der Waals surface area contributed by atoms with E-state index in [0.717, 1.165) is 18.4 Å². The van der Waals surface area contributed by atoms with Gasteiger partial charge < -0.3 is 5.73 Å². The van der Waals surface area contributed by atoms with Crippen molar-refractivity contribution < 1.29 is 13.2 Å². The lowest BCUT2D eigenvalue weighted by atomic mass is 10.1. The van der Waals surface area contributed by atoms with Gasteiger partial charge in [0.25, 0.3) is 0 Å². The van der Waals surface area contributed by atoms with Gasteiger partial charge in [-0.05, 0) is 6.42 Å². The van der Waals surface area contributed by atoms with Crippen LogP contribution in [0, 0.1) is 0 Å². The monoisotopic (exact) mass is 205 g/mol. The fraction of sp³-hybridized carbons (Fsp3) is 0.400. The highest BCUT2D eigenvalue weighted by atomic mass is 19.4. The second-order valence-corrected chi connectivity index (χ2v) is 2.73. The lowest BCUT2D eigenvalue weighted by Crippen LogP contribution is -2.14. The second kappa shape index (κ2) is 5.52. The van der Waals surface area contributed by atoms with Crippen LogP contribution in [0.25, 0.3) is 0 Å². The van der Waals surface area contributed by atoms with Crippen molar-refractivity contribution in [1.29, 1.82) is 0 Å². The Balaban J connectivity index is 5.01. The normalized spacial score (nSPS) is 14.3. The highest BCUT2D eigenvalue weighted by Crippen LogP contribution is 2.31. The van der Waals surface area contributed by atoms with E-state index >= 15 is 0 Å². The van der Waals surface area contributed by atoms with Gasteiger partial charge >= 0.3 is 6.18 Å². The van der Waals surface area contributed by atoms with E-state index in [9.17, 15) is 13.2 Å². The quantitative estimate of drug-likeness (QED) is 0.700. The number of nitrogens with two attached hydrogens (primary N) is 1. The largest absolute Gasteiger partial charge is 0.416 e. The van der Waals surface area contributed by atoms with Gasteiger partial charge in [0.15, 0.2) is 0 Å². The van der Waals surface area contributed by atoms with Gasteiger partial charge in [0.1, 0.15) is 0 Å². The molecule has 0 aliphatic heterocycles. The third-order valence-electron chi connectivity index (χ3n) is 1.65. The van der Waals surface area contributed by atoms with E-state index in [0.29, 0.717) is 12.8 Å². The average molecular weight is 205 g/mol. The molecular weight excluding hydrogens is 191 g/mol. The molecule has 14 heavy (non-hydrogen) atoms. The number of unbranched alkanes of at least 4 members (excludes halogenated alkanes) is 1. The fourth-order valence-corrected chi connectivity index (χ4v) is 0.954. The molecule has 0 fully saturated rings. The molecule has 0 aliphatic carbocycles. The topological polar surface area (TPSA) is 26.0 Å². The Morgan fingerprint density at radius 1 is 1.43 bits per heavy atom. The summed E-state index contributed by atoms with van der Waals surface area (Å²) in [6.07, 6.45) is -0.166. The van der Waals surface area contributed by atoms with Gasteiger partial charge in [0.05, 0.1) is 5.57 Å². The zero-order chi connectivity index (χ0) is 11.2. The van der Waals surface area contributed by atoms with Crippen LogP contribution in [0.15, 0.2) is 36.1 Å². The van der Waals surface area contributed by atoms with E-state index in [-0.39, 0.29) is 5.57 Å². The third-order valence-corrected chi connectivity index (χ3v) is 1.65. The molecule has 0 amide bonds. The van der Waals surface area contributed by atoms with Crippen LogP contribution in [0.2, 0.25) is 0 Å². The minimum atomic E-state index is -4.37.